The van der Waals surface area contributed by atoms with Crippen LogP contribution < -0.4 is 10.5 Å². The van der Waals surface area contributed by atoms with Crippen molar-refractivity contribution in [2.75, 3.05) is 0 Å². The second kappa shape index (κ2) is 6.16. The van der Waals surface area contributed by atoms with Gasteiger partial charge in [0.1, 0.15) is 11.5 Å². The van der Waals surface area contributed by atoms with Crippen LogP contribution in [0.2, 0.25) is 0 Å². The lowest BCUT2D eigenvalue weighted by Gasteiger charge is -2.15. The fourth-order valence-electron chi connectivity index (χ4n) is 1.86. The van der Waals surface area contributed by atoms with Crippen molar-refractivity contribution in [3.63, 3.8) is 0 Å². The van der Waals surface area contributed by atoms with E-state index in [0.29, 0.717) is 11.5 Å². The Morgan fingerprint density at radius 1 is 1.20 bits per heavy atom. The monoisotopic (exact) mass is 272 g/mol. The molecule has 5 heteroatoms. The van der Waals surface area contributed by atoms with Crippen LogP contribution in [0.1, 0.15) is 24.9 Å². The lowest BCUT2D eigenvalue weighted by Crippen LogP contribution is -2.09. The molecule has 0 saturated carbocycles. The molecule has 0 saturated heterocycles. The van der Waals surface area contributed by atoms with Gasteiger partial charge in [-0.05, 0) is 24.6 Å². The van der Waals surface area contributed by atoms with Gasteiger partial charge in [-0.25, -0.2) is 0 Å². The summed E-state index contributed by atoms with van der Waals surface area (Å²) < 4.78 is 5.76. The highest BCUT2D eigenvalue weighted by molar-refractivity contribution is 5.42. The van der Waals surface area contributed by atoms with Gasteiger partial charge in [0, 0.05) is 23.7 Å². The number of ether oxygens (including phenoxy) is 1. The summed E-state index contributed by atoms with van der Waals surface area (Å²) in [6.45, 7) is 2.01. The summed E-state index contributed by atoms with van der Waals surface area (Å²) in [5.74, 6) is 1.22. The van der Waals surface area contributed by atoms with E-state index in [0.717, 1.165) is 12.0 Å². The van der Waals surface area contributed by atoms with Gasteiger partial charge in [0.05, 0.1) is 4.92 Å². The first-order valence-electron chi connectivity index (χ1n) is 6.38. The van der Waals surface area contributed by atoms with E-state index < -0.39 is 4.92 Å². The van der Waals surface area contributed by atoms with Gasteiger partial charge in [0.25, 0.3) is 5.69 Å². The minimum atomic E-state index is -0.440. The number of benzene rings is 2. The van der Waals surface area contributed by atoms with Gasteiger partial charge in [0.15, 0.2) is 0 Å². The van der Waals surface area contributed by atoms with Crippen LogP contribution in [0.5, 0.6) is 11.5 Å². The maximum atomic E-state index is 10.6. The van der Waals surface area contributed by atoms with E-state index in [9.17, 15) is 10.1 Å². The number of nitrogens with zero attached hydrogens (tertiary/aromatic N) is 1. The molecule has 0 unspecified atom stereocenters. The Morgan fingerprint density at radius 3 is 2.45 bits per heavy atom. The van der Waals surface area contributed by atoms with Gasteiger partial charge in [-0.3, -0.25) is 10.1 Å². The average Bonchev–Trinajstić information content (AvgIpc) is 2.47. The molecule has 2 N–H and O–H groups in total. The number of hydrogen-bond acceptors (Lipinski definition) is 4. The van der Waals surface area contributed by atoms with Crippen LogP contribution in [0.25, 0.3) is 0 Å². The number of rotatable bonds is 5. The molecule has 0 radical (unpaired) electrons. The molecule has 2 aromatic rings. The van der Waals surface area contributed by atoms with E-state index >= 15 is 0 Å². The molecule has 0 aromatic heterocycles. The number of nitro benzene ring substituents is 1. The molecule has 0 amide bonds. The summed E-state index contributed by atoms with van der Waals surface area (Å²) in [6, 6.07) is 13.4. The highest BCUT2D eigenvalue weighted by Crippen LogP contribution is 2.30. The predicted octanol–water partition coefficient (Wildman–Crippen LogP) is 3.80. The Kier molecular flexibility index (Phi) is 4.32. The fraction of sp³-hybridized carbons (Fsp3) is 0.200. The summed E-state index contributed by atoms with van der Waals surface area (Å²) in [6.07, 6.45) is 0.806. The largest absolute Gasteiger partial charge is 0.457 e. The van der Waals surface area contributed by atoms with Crippen molar-refractivity contribution >= 4 is 5.69 Å². The number of non-ortho nitro benzene ring substituents is 1. The Morgan fingerprint density at radius 2 is 1.85 bits per heavy atom. The second-order valence-corrected chi connectivity index (χ2v) is 4.41. The maximum Gasteiger partial charge on any atom is 0.269 e. The van der Waals surface area contributed by atoms with Gasteiger partial charge in [-0.1, -0.05) is 25.1 Å². The molecule has 5 nitrogen and oxygen atoms in total. The topological polar surface area (TPSA) is 78.4 Å². The lowest BCUT2D eigenvalue weighted by atomic mass is 10.0. The third-order valence-electron chi connectivity index (χ3n) is 3.03. The van der Waals surface area contributed by atoms with E-state index in [4.69, 9.17) is 10.5 Å². The lowest BCUT2D eigenvalue weighted by molar-refractivity contribution is -0.384. The Labute approximate surface area is 117 Å². The smallest absolute Gasteiger partial charge is 0.269 e. The van der Waals surface area contributed by atoms with Crippen molar-refractivity contribution in [3.05, 3.63) is 64.2 Å². The number of nitro groups is 1. The average molecular weight is 272 g/mol. The first-order chi connectivity index (χ1) is 9.61. The molecule has 0 aliphatic rings. The highest BCUT2D eigenvalue weighted by atomic mass is 16.6. The van der Waals surface area contributed by atoms with Crippen molar-refractivity contribution in [1.29, 1.82) is 0 Å². The summed E-state index contributed by atoms with van der Waals surface area (Å²) in [4.78, 5) is 10.2. The third kappa shape index (κ3) is 3.13. The van der Waals surface area contributed by atoms with Crippen LogP contribution in [0, 0.1) is 10.1 Å². The Balaban J connectivity index is 2.23. The molecule has 0 spiro atoms. The normalized spacial score (nSPS) is 11.9. The SMILES string of the molecule is CC[C@@H](N)c1ccccc1Oc1ccc([N+](=O)[O-])cc1. The summed E-state index contributed by atoms with van der Waals surface area (Å²) in [5, 5.41) is 10.6. The minimum absolute atomic E-state index is 0.0379. The first-order valence-corrected chi connectivity index (χ1v) is 6.38. The van der Waals surface area contributed by atoms with Crippen LogP contribution in [-0.2, 0) is 0 Å². The molecule has 0 aliphatic heterocycles. The molecule has 0 fully saturated rings. The standard InChI is InChI=1S/C15H16N2O3/c1-2-14(16)13-5-3-4-6-15(13)20-12-9-7-11(8-10-12)17(18)19/h3-10,14H,2,16H2,1H3/t14-/m1/s1. The zero-order chi connectivity index (χ0) is 14.5. The van der Waals surface area contributed by atoms with Gasteiger partial charge in [0.2, 0.25) is 0 Å². The van der Waals surface area contributed by atoms with Crippen molar-refractivity contribution in [2.24, 2.45) is 5.73 Å². The van der Waals surface area contributed by atoms with Gasteiger partial charge in [-0.2, -0.15) is 0 Å². The molecule has 2 rings (SSSR count). The minimum Gasteiger partial charge on any atom is -0.457 e. The van der Waals surface area contributed by atoms with Crippen molar-refractivity contribution in [2.45, 2.75) is 19.4 Å². The predicted molar refractivity (Wildman–Crippen MR) is 76.8 cm³/mol. The quantitative estimate of drug-likeness (QED) is 0.663. The molecule has 0 aliphatic carbocycles. The molecule has 20 heavy (non-hydrogen) atoms. The molecule has 1 atom stereocenters. The van der Waals surface area contributed by atoms with Crippen LogP contribution in [0.15, 0.2) is 48.5 Å². The molecular weight excluding hydrogens is 256 g/mol. The van der Waals surface area contributed by atoms with E-state index in [1.807, 2.05) is 31.2 Å². The number of hydrogen-bond donors (Lipinski definition) is 1. The zero-order valence-electron chi connectivity index (χ0n) is 11.2. The van der Waals surface area contributed by atoms with Gasteiger partial charge >= 0.3 is 0 Å². The van der Waals surface area contributed by atoms with E-state index in [1.165, 1.54) is 12.1 Å². The first kappa shape index (κ1) is 14.0. The van der Waals surface area contributed by atoms with Crippen LogP contribution in [-0.4, -0.2) is 4.92 Å². The van der Waals surface area contributed by atoms with Crippen LogP contribution in [0.4, 0.5) is 5.69 Å². The molecule has 104 valence electrons. The molecule has 2 aromatic carbocycles. The zero-order valence-corrected chi connectivity index (χ0v) is 11.2. The highest BCUT2D eigenvalue weighted by Gasteiger charge is 2.11. The van der Waals surface area contributed by atoms with Crippen molar-refractivity contribution < 1.29 is 9.66 Å². The van der Waals surface area contributed by atoms with Crippen LogP contribution >= 0.6 is 0 Å². The summed E-state index contributed by atoms with van der Waals surface area (Å²) in [7, 11) is 0. The van der Waals surface area contributed by atoms with E-state index in [2.05, 4.69) is 0 Å². The molecule has 0 bridgehead atoms. The van der Waals surface area contributed by atoms with E-state index in [-0.39, 0.29) is 11.7 Å². The maximum absolute atomic E-state index is 10.6. The third-order valence-corrected chi connectivity index (χ3v) is 3.03. The molecule has 0 heterocycles. The summed E-state index contributed by atoms with van der Waals surface area (Å²) in [5.41, 5.74) is 7.01. The Bertz CT molecular complexity index is 596. The van der Waals surface area contributed by atoms with Crippen LogP contribution in [0.3, 0.4) is 0 Å². The van der Waals surface area contributed by atoms with Crippen molar-refractivity contribution in [3.8, 4) is 11.5 Å². The fourth-order valence-corrected chi connectivity index (χ4v) is 1.86. The number of para-hydroxylation sites is 1. The Hall–Kier alpha value is -2.40. The second-order valence-electron chi connectivity index (χ2n) is 4.41. The summed E-state index contributed by atoms with van der Waals surface area (Å²) >= 11 is 0. The molecular formula is C15H16N2O3. The van der Waals surface area contributed by atoms with E-state index in [1.54, 1.807) is 12.1 Å². The van der Waals surface area contributed by atoms with Gasteiger partial charge in [-0.15, -0.1) is 0 Å². The van der Waals surface area contributed by atoms with Gasteiger partial charge < -0.3 is 10.5 Å². The van der Waals surface area contributed by atoms with Crippen molar-refractivity contribution in [1.82, 2.24) is 0 Å². The number of nitrogens with two attached hydrogens (primary N) is 1.